The molecule has 1 heterocycles. The minimum Gasteiger partial charge on any atom is -0.454 e. The molecule has 1 unspecified atom stereocenters. The van der Waals surface area contributed by atoms with Crippen LogP contribution < -0.4 is 9.47 Å². The van der Waals surface area contributed by atoms with Crippen molar-refractivity contribution in [2.24, 2.45) is 5.41 Å². The van der Waals surface area contributed by atoms with Crippen molar-refractivity contribution in [3.8, 4) is 11.5 Å². The van der Waals surface area contributed by atoms with Gasteiger partial charge < -0.3 is 14.6 Å². The first-order valence-corrected chi connectivity index (χ1v) is 4.79. The van der Waals surface area contributed by atoms with Gasteiger partial charge >= 0.3 is 0 Å². The zero-order valence-electron chi connectivity index (χ0n) is 20.0. The summed E-state index contributed by atoms with van der Waals surface area (Å²) in [4.78, 5) is 0. The van der Waals surface area contributed by atoms with Gasteiger partial charge in [0.2, 0.25) is 6.79 Å². The van der Waals surface area contributed by atoms with Crippen molar-refractivity contribution in [2.75, 3.05) is 6.79 Å². The van der Waals surface area contributed by atoms with E-state index in [-0.39, 0.29) is 18.3 Å². The van der Waals surface area contributed by atoms with Crippen molar-refractivity contribution in [2.45, 2.75) is 26.7 Å². The lowest BCUT2D eigenvalue weighted by molar-refractivity contribution is 0.106. The maximum Gasteiger partial charge on any atom is 0.231 e. The van der Waals surface area contributed by atoms with Crippen LogP contribution in [0.4, 0.5) is 0 Å². The summed E-state index contributed by atoms with van der Waals surface area (Å²) >= 11 is 0. The largest absolute Gasteiger partial charge is 0.454 e. The first-order chi connectivity index (χ1) is 12.5. The molecule has 1 aromatic carbocycles. The third kappa shape index (κ3) is 2.80. The second kappa shape index (κ2) is 4.41. The normalized spacial score (nSPS) is 29.8. The SMILES string of the molecule is [2H]/C(=C\C([2H])(O)C(C)(C([2H])([2H])[2H])C([2H])([2H])[2H])c1c([2H])c([2H])c2c(c1[2H])OCO2. The van der Waals surface area contributed by atoms with Crippen LogP contribution in [0.5, 0.6) is 11.5 Å². The molecule has 0 aliphatic carbocycles. The Morgan fingerprint density at radius 1 is 1.59 bits per heavy atom. The lowest BCUT2D eigenvalue weighted by Gasteiger charge is -2.22. The van der Waals surface area contributed by atoms with Crippen molar-refractivity contribution < 1.29 is 29.7 Å². The van der Waals surface area contributed by atoms with Gasteiger partial charge in [0.15, 0.2) is 11.5 Å². The van der Waals surface area contributed by atoms with Gasteiger partial charge in [-0.2, -0.15) is 0 Å². The van der Waals surface area contributed by atoms with Gasteiger partial charge in [0.1, 0.15) is 0 Å². The first kappa shape index (κ1) is 4.32. The standard InChI is InChI=1S/C14H18O3/c1-14(2,3)13(15)7-5-10-4-6-11-12(8-10)17-9-16-11/h4-8,13,15H,9H2,1-3H3/b7-5+/i1D3,2D3,4D,5D,6D,8D,13D. The highest BCUT2D eigenvalue weighted by Crippen LogP contribution is 2.33. The summed E-state index contributed by atoms with van der Waals surface area (Å²) in [6, 6.07) is -2.54. The second-order valence-electron chi connectivity index (χ2n) is 3.61. The predicted molar refractivity (Wildman–Crippen MR) is 67.1 cm³/mol. The summed E-state index contributed by atoms with van der Waals surface area (Å²) < 4.78 is 95.3. The van der Waals surface area contributed by atoms with Gasteiger partial charge in [-0.25, -0.2) is 0 Å². The van der Waals surface area contributed by atoms with Crippen LogP contribution in [0.25, 0.3) is 6.05 Å². The molecular formula is C14H18O3. The summed E-state index contributed by atoms with van der Waals surface area (Å²) in [6.07, 6.45) is -2.95. The number of ether oxygens (including phenoxy) is 2. The highest BCUT2D eigenvalue weighted by molar-refractivity contribution is 5.56. The second-order valence-corrected chi connectivity index (χ2v) is 3.61. The fourth-order valence-electron chi connectivity index (χ4n) is 1.09. The van der Waals surface area contributed by atoms with E-state index in [1.807, 2.05) is 0 Å². The van der Waals surface area contributed by atoms with E-state index in [4.69, 9.17) is 24.6 Å². The summed E-state index contributed by atoms with van der Waals surface area (Å²) in [5.74, 6) is -0.375. The van der Waals surface area contributed by atoms with E-state index in [0.717, 1.165) is 0 Å². The summed E-state index contributed by atoms with van der Waals surface area (Å²) in [5, 5.41) is 10.5. The van der Waals surface area contributed by atoms with E-state index >= 15 is 0 Å². The Morgan fingerprint density at radius 3 is 3.12 bits per heavy atom. The van der Waals surface area contributed by atoms with Crippen LogP contribution in [-0.2, 0) is 0 Å². The molecule has 1 aliphatic heterocycles. The van der Waals surface area contributed by atoms with Crippen molar-refractivity contribution in [1.82, 2.24) is 0 Å². The molecule has 1 aliphatic rings. The molecule has 0 saturated carbocycles. The number of benzene rings is 1. The fourth-order valence-corrected chi connectivity index (χ4v) is 1.09. The fraction of sp³-hybridized carbons (Fsp3) is 0.429. The van der Waals surface area contributed by atoms with Crippen LogP contribution in [0, 0.1) is 5.41 Å². The summed E-state index contributed by atoms with van der Waals surface area (Å²) in [7, 11) is 0. The Kier molecular flexibility index (Phi) is 1.12. The third-order valence-electron chi connectivity index (χ3n) is 2.02. The smallest absolute Gasteiger partial charge is 0.231 e. The Hall–Kier alpha value is -1.48. The van der Waals surface area contributed by atoms with E-state index < -0.39 is 54.9 Å². The van der Waals surface area contributed by atoms with Crippen LogP contribution >= 0.6 is 0 Å². The van der Waals surface area contributed by atoms with E-state index in [2.05, 4.69) is 0 Å². The summed E-state index contributed by atoms with van der Waals surface area (Å²) in [5.41, 5.74) is -3.51. The lowest BCUT2D eigenvalue weighted by atomic mass is 9.89. The topological polar surface area (TPSA) is 38.7 Å². The van der Waals surface area contributed by atoms with Gasteiger partial charge in [0.05, 0.1) is 12.9 Å². The molecule has 3 heteroatoms. The maximum atomic E-state index is 10.5. The average Bonchev–Trinajstić information content (AvgIpc) is 2.99. The molecule has 0 aromatic heterocycles. The van der Waals surface area contributed by atoms with E-state index in [1.165, 1.54) is 0 Å². The maximum absolute atomic E-state index is 10.5. The minimum absolute atomic E-state index is 0.164. The Balaban J connectivity index is 2.70. The van der Waals surface area contributed by atoms with Crippen LogP contribution in [0.2, 0.25) is 0 Å². The van der Waals surface area contributed by atoms with Crippen LogP contribution in [0.3, 0.4) is 0 Å². The number of hydrogen-bond acceptors (Lipinski definition) is 3. The molecule has 92 valence electrons. The van der Waals surface area contributed by atoms with Crippen molar-refractivity contribution in [3.63, 3.8) is 0 Å². The molecule has 0 radical (unpaired) electrons. The van der Waals surface area contributed by atoms with E-state index in [9.17, 15) is 5.11 Å². The van der Waals surface area contributed by atoms with Crippen molar-refractivity contribution in [1.29, 1.82) is 0 Å². The quantitative estimate of drug-likeness (QED) is 0.870. The predicted octanol–water partition coefficient (Wildman–Crippen LogP) is 2.84. The molecule has 1 aromatic rings. The molecule has 0 fully saturated rings. The summed E-state index contributed by atoms with van der Waals surface area (Å²) in [6.45, 7) is -6.24. The molecule has 1 N–H and O–H groups in total. The highest BCUT2D eigenvalue weighted by Gasteiger charge is 2.19. The van der Waals surface area contributed by atoms with E-state index in [1.54, 1.807) is 0 Å². The average molecular weight is 245 g/mol. The lowest BCUT2D eigenvalue weighted by Crippen LogP contribution is -2.23. The molecule has 0 spiro atoms. The van der Waals surface area contributed by atoms with Gasteiger partial charge in [-0.1, -0.05) is 38.8 Å². The monoisotopic (exact) mass is 245 g/mol. The van der Waals surface area contributed by atoms with Crippen molar-refractivity contribution in [3.05, 3.63) is 29.8 Å². The van der Waals surface area contributed by atoms with Crippen molar-refractivity contribution >= 4 is 6.05 Å². The Morgan fingerprint density at radius 2 is 2.35 bits per heavy atom. The number of hydrogen-bond donors (Lipinski definition) is 1. The molecule has 17 heavy (non-hydrogen) atoms. The molecule has 0 saturated heterocycles. The number of fused-ring (bicyclic) bond motifs is 1. The third-order valence-corrected chi connectivity index (χ3v) is 2.02. The van der Waals surface area contributed by atoms with Gasteiger partial charge in [0.25, 0.3) is 0 Å². The molecule has 0 bridgehead atoms. The Labute approximate surface area is 117 Å². The number of rotatable bonds is 2. The van der Waals surface area contributed by atoms with Gasteiger partial charge in [0, 0.05) is 8.22 Å². The van der Waals surface area contributed by atoms with Gasteiger partial charge in [-0.3, -0.25) is 0 Å². The van der Waals surface area contributed by atoms with Crippen LogP contribution in [0.1, 0.15) is 41.3 Å². The molecule has 2 rings (SSSR count). The van der Waals surface area contributed by atoms with Crippen LogP contribution in [-0.4, -0.2) is 18.0 Å². The first-order valence-electron chi connectivity index (χ1n) is 10.3. The van der Waals surface area contributed by atoms with Crippen LogP contribution in [0.15, 0.2) is 24.2 Å². The molecule has 3 nitrogen and oxygen atoms in total. The zero-order chi connectivity index (χ0) is 21.9. The minimum atomic E-state index is -3.31. The Bertz CT molecular complexity index is 810. The molecule has 0 amide bonds. The molecule has 1 atom stereocenters. The molecular weight excluding hydrogens is 216 g/mol. The zero-order valence-corrected chi connectivity index (χ0v) is 9.05. The van der Waals surface area contributed by atoms with Gasteiger partial charge in [-0.15, -0.1) is 0 Å². The highest BCUT2D eigenvalue weighted by atomic mass is 16.7. The van der Waals surface area contributed by atoms with E-state index in [0.29, 0.717) is 13.0 Å². The number of aliphatic hydroxyl groups is 1. The van der Waals surface area contributed by atoms with Gasteiger partial charge in [-0.05, 0) is 23.1 Å².